The molecule has 0 bridgehead atoms. The van der Waals surface area contributed by atoms with Crippen LogP contribution in [0.2, 0.25) is 0 Å². The minimum Gasteiger partial charge on any atom is -0.331 e. The van der Waals surface area contributed by atoms with Gasteiger partial charge in [0.2, 0.25) is 0 Å². The summed E-state index contributed by atoms with van der Waals surface area (Å²) in [5.41, 5.74) is 4.66. The van der Waals surface area contributed by atoms with Crippen molar-refractivity contribution in [1.82, 2.24) is 9.13 Å². The van der Waals surface area contributed by atoms with Crippen LogP contribution in [0, 0.1) is 10.1 Å². The lowest BCUT2D eigenvalue weighted by Crippen LogP contribution is -2.22. The summed E-state index contributed by atoms with van der Waals surface area (Å²) in [5.74, 6) is 0. The lowest BCUT2D eigenvalue weighted by Gasteiger charge is -2.15. The first kappa shape index (κ1) is 21.6. The van der Waals surface area contributed by atoms with Gasteiger partial charge in [0.25, 0.3) is 11.2 Å². The zero-order valence-electron chi connectivity index (χ0n) is 19.2. The van der Waals surface area contributed by atoms with Crippen LogP contribution in [0.5, 0.6) is 0 Å². The molecule has 6 nitrogen and oxygen atoms in total. The summed E-state index contributed by atoms with van der Waals surface area (Å²) >= 11 is 0. The van der Waals surface area contributed by atoms with Crippen LogP contribution in [0.3, 0.4) is 0 Å². The van der Waals surface area contributed by atoms with Crippen LogP contribution in [0.25, 0.3) is 38.8 Å². The third kappa shape index (κ3) is 3.56. The van der Waals surface area contributed by atoms with Crippen LogP contribution >= 0.6 is 0 Å². The van der Waals surface area contributed by atoms with E-state index in [9.17, 15) is 14.9 Å². The van der Waals surface area contributed by atoms with Crippen LogP contribution < -0.4 is 5.56 Å². The second-order valence-electron chi connectivity index (χ2n) is 8.66. The number of nitro groups is 1. The van der Waals surface area contributed by atoms with Crippen molar-refractivity contribution in [3.05, 3.63) is 141 Å². The molecule has 36 heavy (non-hydrogen) atoms. The minimum atomic E-state index is -0.439. The average Bonchev–Trinajstić information content (AvgIpc) is 3.23. The predicted octanol–water partition coefficient (Wildman–Crippen LogP) is 6.57. The highest BCUT2D eigenvalue weighted by molar-refractivity contribution is 6.09. The fourth-order valence-electron chi connectivity index (χ4n) is 4.85. The first-order chi connectivity index (χ1) is 17.6. The highest BCUT2D eigenvalue weighted by atomic mass is 16.6. The Balaban J connectivity index is 1.71. The van der Waals surface area contributed by atoms with Gasteiger partial charge in [-0.1, -0.05) is 78.9 Å². The van der Waals surface area contributed by atoms with Crippen LogP contribution in [0.1, 0.15) is 5.56 Å². The second kappa shape index (κ2) is 8.67. The molecule has 0 N–H and O–H groups in total. The van der Waals surface area contributed by atoms with Gasteiger partial charge in [-0.3, -0.25) is 19.5 Å². The van der Waals surface area contributed by atoms with E-state index in [-0.39, 0.29) is 11.2 Å². The van der Waals surface area contributed by atoms with Crippen molar-refractivity contribution < 1.29 is 4.92 Å². The molecule has 0 spiro atoms. The summed E-state index contributed by atoms with van der Waals surface area (Å²) in [5, 5.41) is 13.1. The topological polar surface area (TPSA) is 70.1 Å². The molecule has 0 atom stereocenters. The van der Waals surface area contributed by atoms with Gasteiger partial charge >= 0.3 is 0 Å². The van der Waals surface area contributed by atoms with Crippen LogP contribution in [-0.4, -0.2) is 14.1 Å². The molecule has 174 valence electrons. The Morgan fingerprint density at radius 1 is 0.722 bits per heavy atom. The molecule has 0 aliphatic heterocycles. The molecular formula is C30H21N3O3. The molecule has 6 rings (SSSR count). The maximum atomic E-state index is 14.3. The van der Waals surface area contributed by atoms with Gasteiger partial charge in [0.1, 0.15) is 5.52 Å². The number of aromatic nitrogens is 2. The Hall–Kier alpha value is -4.97. The van der Waals surface area contributed by atoms with Crippen LogP contribution in [0.4, 0.5) is 5.69 Å². The van der Waals surface area contributed by atoms with E-state index in [0.717, 1.165) is 33.1 Å². The third-order valence-electron chi connectivity index (χ3n) is 6.51. The van der Waals surface area contributed by atoms with E-state index < -0.39 is 4.92 Å². The maximum Gasteiger partial charge on any atom is 0.280 e. The highest BCUT2D eigenvalue weighted by Crippen LogP contribution is 2.32. The minimum absolute atomic E-state index is 0.0210. The van der Waals surface area contributed by atoms with Crippen molar-refractivity contribution in [2.24, 2.45) is 0 Å². The van der Waals surface area contributed by atoms with Crippen molar-refractivity contribution in [2.75, 3.05) is 0 Å². The van der Waals surface area contributed by atoms with E-state index in [2.05, 4.69) is 10.6 Å². The molecule has 2 aromatic heterocycles. The summed E-state index contributed by atoms with van der Waals surface area (Å²) in [7, 11) is 0. The van der Waals surface area contributed by atoms with Crippen LogP contribution in [0.15, 0.2) is 120 Å². The number of non-ortho nitro benzene ring substituents is 1. The van der Waals surface area contributed by atoms with Crippen molar-refractivity contribution in [3.63, 3.8) is 0 Å². The quantitative estimate of drug-likeness (QED) is 0.211. The summed E-state index contributed by atoms with van der Waals surface area (Å²) in [6.45, 7) is 0.547. The average molecular weight is 472 g/mol. The molecule has 0 aliphatic rings. The second-order valence-corrected chi connectivity index (χ2v) is 8.66. The van der Waals surface area contributed by atoms with Gasteiger partial charge in [0.05, 0.1) is 10.6 Å². The van der Waals surface area contributed by atoms with E-state index in [1.165, 1.54) is 12.1 Å². The number of rotatable bonds is 5. The molecule has 0 saturated heterocycles. The smallest absolute Gasteiger partial charge is 0.280 e. The lowest BCUT2D eigenvalue weighted by molar-refractivity contribution is -0.384. The Bertz CT molecular complexity index is 1790. The Morgan fingerprint density at radius 3 is 2.06 bits per heavy atom. The molecule has 0 fully saturated rings. The summed E-state index contributed by atoms with van der Waals surface area (Å²) in [6.07, 6.45) is 0. The van der Waals surface area contributed by atoms with Gasteiger partial charge < -0.3 is 4.57 Å². The number of benzene rings is 4. The molecule has 0 amide bonds. The number of hydrogen-bond acceptors (Lipinski definition) is 3. The van der Waals surface area contributed by atoms with Gasteiger partial charge in [0.15, 0.2) is 0 Å². The van der Waals surface area contributed by atoms with Gasteiger partial charge in [-0.05, 0) is 35.4 Å². The van der Waals surface area contributed by atoms with Gasteiger partial charge in [0, 0.05) is 40.7 Å². The van der Waals surface area contributed by atoms with Gasteiger partial charge in [-0.15, -0.1) is 0 Å². The molecule has 0 radical (unpaired) electrons. The first-order valence-electron chi connectivity index (χ1n) is 11.6. The number of fused-ring (bicyclic) bond motifs is 3. The zero-order chi connectivity index (χ0) is 24.6. The van der Waals surface area contributed by atoms with Gasteiger partial charge in [-0.2, -0.15) is 0 Å². The lowest BCUT2D eigenvalue weighted by atomic mass is 10.1. The number of para-hydroxylation sites is 1. The Morgan fingerprint density at radius 2 is 1.36 bits per heavy atom. The van der Waals surface area contributed by atoms with Crippen molar-refractivity contribution >= 4 is 27.5 Å². The zero-order valence-corrected chi connectivity index (χ0v) is 19.2. The number of pyridine rings is 1. The molecule has 6 aromatic rings. The molecule has 2 heterocycles. The SMILES string of the molecule is O=c1c2c(cc(-c3ccccc3)n1-c1ccc([N+](=O)[O-])cc1)c1ccccc1n2Cc1ccccc1. The molecule has 0 aliphatic carbocycles. The van der Waals surface area contributed by atoms with Crippen LogP contribution in [-0.2, 0) is 6.54 Å². The summed E-state index contributed by atoms with van der Waals surface area (Å²) in [4.78, 5) is 25.1. The van der Waals surface area contributed by atoms with E-state index in [1.54, 1.807) is 16.7 Å². The van der Waals surface area contributed by atoms with E-state index >= 15 is 0 Å². The Labute approximate surface area is 206 Å². The maximum absolute atomic E-state index is 14.3. The fraction of sp³-hybridized carbons (Fsp3) is 0.0333. The molecule has 0 unspecified atom stereocenters. The normalized spacial score (nSPS) is 11.2. The molecule has 6 heteroatoms. The summed E-state index contributed by atoms with van der Waals surface area (Å²) < 4.78 is 3.72. The number of nitro benzene ring substituents is 1. The van der Waals surface area contributed by atoms with E-state index in [1.807, 2.05) is 84.9 Å². The Kier molecular flexibility index (Phi) is 5.19. The van der Waals surface area contributed by atoms with Crippen molar-refractivity contribution in [1.29, 1.82) is 0 Å². The van der Waals surface area contributed by atoms with E-state index in [4.69, 9.17) is 0 Å². The van der Waals surface area contributed by atoms with Gasteiger partial charge in [-0.25, -0.2) is 0 Å². The van der Waals surface area contributed by atoms with Crippen molar-refractivity contribution in [3.8, 4) is 16.9 Å². The predicted molar refractivity (Wildman–Crippen MR) is 143 cm³/mol. The number of nitrogens with zero attached hydrogens (tertiary/aromatic N) is 3. The fourth-order valence-corrected chi connectivity index (χ4v) is 4.85. The summed E-state index contributed by atoms with van der Waals surface area (Å²) in [6, 6.07) is 36.0. The number of hydrogen-bond donors (Lipinski definition) is 0. The van der Waals surface area contributed by atoms with Crippen molar-refractivity contribution in [2.45, 2.75) is 6.54 Å². The van der Waals surface area contributed by atoms with E-state index in [0.29, 0.717) is 17.7 Å². The molecular weight excluding hydrogens is 450 g/mol. The molecule has 0 saturated carbocycles. The highest BCUT2D eigenvalue weighted by Gasteiger charge is 2.20. The third-order valence-corrected chi connectivity index (χ3v) is 6.51. The first-order valence-corrected chi connectivity index (χ1v) is 11.6. The molecule has 4 aromatic carbocycles. The standard InChI is InChI=1S/C30H21N3O3/c34-30-29-26(25-13-7-8-14-27(25)31(29)20-21-9-3-1-4-10-21)19-28(22-11-5-2-6-12-22)32(30)23-15-17-24(18-16-23)33(35)36/h1-19H,20H2. The largest absolute Gasteiger partial charge is 0.331 e. The monoisotopic (exact) mass is 471 g/mol.